The Balaban J connectivity index is 2.01. The molecule has 1 aliphatic carbocycles. The molecule has 1 aliphatic rings. The first-order valence-electron chi connectivity index (χ1n) is 4.44. The fourth-order valence-corrected chi connectivity index (χ4v) is 1.48. The fraction of sp³-hybridized carbons (Fsp3) is 0.800. The van der Waals surface area contributed by atoms with Gasteiger partial charge in [0.05, 0.1) is 6.10 Å². The van der Waals surface area contributed by atoms with E-state index in [-0.39, 0.29) is 6.10 Å². The zero-order valence-electron chi connectivity index (χ0n) is 6.92. The molecule has 1 saturated carbocycles. The monoisotopic (exact) mass is 152 g/mol. The van der Waals surface area contributed by atoms with E-state index in [0.717, 1.165) is 18.8 Å². The smallest absolute Gasteiger partial charge is 0.0552 e. The lowest BCUT2D eigenvalue weighted by Gasteiger charge is -2.27. The molecule has 1 nitrogen and oxygen atoms in total. The SMILES string of the molecule is C#CCCC(O)CC1CCC1. The maximum absolute atomic E-state index is 9.42. The van der Waals surface area contributed by atoms with Crippen molar-refractivity contribution in [3.63, 3.8) is 0 Å². The van der Waals surface area contributed by atoms with Crippen molar-refractivity contribution in [3.8, 4) is 12.3 Å². The summed E-state index contributed by atoms with van der Waals surface area (Å²) in [6.07, 6.45) is 11.4. The molecule has 1 fully saturated rings. The van der Waals surface area contributed by atoms with E-state index < -0.39 is 0 Å². The highest BCUT2D eigenvalue weighted by atomic mass is 16.3. The van der Waals surface area contributed by atoms with Crippen LogP contribution in [0.2, 0.25) is 0 Å². The third-order valence-corrected chi connectivity index (χ3v) is 2.45. The first-order chi connectivity index (χ1) is 5.33. The van der Waals surface area contributed by atoms with E-state index >= 15 is 0 Å². The van der Waals surface area contributed by atoms with Crippen LogP contribution in [0.1, 0.15) is 38.5 Å². The number of hydrogen-bond donors (Lipinski definition) is 1. The van der Waals surface area contributed by atoms with Crippen LogP contribution in [-0.2, 0) is 0 Å². The summed E-state index contributed by atoms with van der Waals surface area (Å²) in [7, 11) is 0. The van der Waals surface area contributed by atoms with Crippen molar-refractivity contribution in [2.45, 2.75) is 44.6 Å². The van der Waals surface area contributed by atoms with Gasteiger partial charge in [0.2, 0.25) is 0 Å². The van der Waals surface area contributed by atoms with Gasteiger partial charge in [-0.15, -0.1) is 12.3 Å². The van der Waals surface area contributed by atoms with Crippen LogP contribution < -0.4 is 0 Å². The molecule has 0 radical (unpaired) electrons. The van der Waals surface area contributed by atoms with Crippen molar-refractivity contribution >= 4 is 0 Å². The Morgan fingerprint density at radius 1 is 1.55 bits per heavy atom. The average molecular weight is 152 g/mol. The highest BCUT2D eigenvalue weighted by Crippen LogP contribution is 2.31. The Labute approximate surface area is 68.8 Å². The van der Waals surface area contributed by atoms with Gasteiger partial charge in [0.25, 0.3) is 0 Å². The topological polar surface area (TPSA) is 20.2 Å². The second-order valence-electron chi connectivity index (χ2n) is 3.43. The minimum absolute atomic E-state index is 0.142. The summed E-state index contributed by atoms with van der Waals surface area (Å²) >= 11 is 0. The van der Waals surface area contributed by atoms with Crippen LogP contribution in [0.15, 0.2) is 0 Å². The van der Waals surface area contributed by atoms with Crippen LogP contribution in [0.4, 0.5) is 0 Å². The van der Waals surface area contributed by atoms with E-state index in [4.69, 9.17) is 6.42 Å². The largest absolute Gasteiger partial charge is 0.393 e. The average Bonchev–Trinajstić information content (AvgIpc) is 1.93. The summed E-state index contributed by atoms with van der Waals surface area (Å²) in [5.41, 5.74) is 0. The molecule has 0 aromatic carbocycles. The Morgan fingerprint density at radius 3 is 2.73 bits per heavy atom. The van der Waals surface area contributed by atoms with Crippen molar-refractivity contribution in [3.05, 3.63) is 0 Å². The minimum atomic E-state index is -0.142. The molecule has 0 aromatic heterocycles. The Kier molecular flexibility index (Phi) is 3.45. The van der Waals surface area contributed by atoms with Crippen LogP contribution >= 0.6 is 0 Å². The van der Waals surface area contributed by atoms with Gasteiger partial charge in [0, 0.05) is 6.42 Å². The second-order valence-corrected chi connectivity index (χ2v) is 3.43. The summed E-state index contributed by atoms with van der Waals surface area (Å²) in [6.45, 7) is 0. The summed E-state index contributed by atoms with van der Waals surface area (Å²) in [5.74, 6) is 3.34. The lowest BCUT2D eigenvalue weighted by molar-refractivity contribution is 0.111. The summed E-state index contributed by atoms with van der Waals surface area (Å²) < 4.78 is 0. The second kappa shape index (κ2) is 4.41. The number of terminal acetylenes is 1. The molecular formula is C10H16O. The van der Waals surface area contributed by atoms with E-state index in [1.807, 2.05) is 0 Å². The number of rotatable bonds is 4. The molecule has 11 heavy (non-hydrogen) atoms. The van der Waals surface area contributed by atoms with Crippen molar-refractivity contribution in [2.75, 3.05) is 0 Å². The minimum Gasteiger partial charge on any atom is -0.393 e. The molecule has 1 atom stereocenters. The molecule has 0 aliphatic heterocycles. The van der Waals surface area contributed by atoms with E-state index in [1.165, 1.54) is 19.3 Å². The molecule has 1 rings (SSSR count). The van der Waals surface area contributed by atoms with Crippen LogP contribution in [0, 0.1) is 18.3 Å². The molecule has 0 saturated heterocycles. The Hall–Kier alpha value is -0.480. The molecule has 0 amide bonds. The maximum atomic E-state index is 9.42. The predicted octanol–water partition coefficient (Wildman–Crippen LogP) is 1.95. The lowest BCUT2D eigenvalue weighted by Crippen LogP contribution is -2.18. The Morgan fingerprint density at radius 2 is 2.27 bits per heavy atom. The van der Waals surface area contributed by atoms with Gasteiger partial charge >= 0.3 is 0 Å². The molecule has 1 heteroatoms. The third-order valence-electron chi connectivity index (χ3n) is 2.45. The molecule has 1 N–H and O–H groups in total. The molecule has 0 heterocycles. The van der Waals surface area contributed by atoms with Crippen LogP contribution in [0.5, 0.6) is 0 Å². The van der Waals surface area contributed by atoms with E-state index in [1.54, 1.807) is 0 Å². The lowest BCUT2D eigenvalue weighted by atomic mass is 9.81. The van der Waals surface area contributed by atoms with Gasteiger partial charge in [0.15, 0.2) is 0 Å². The number of aliphatic hydroxyl groups excluding tert-OH is 1. The van der Waals surface area contributed by atoms with Gasteiger partial charge in [-0.1, -0.05) is 19.3 Å². The predicted molar refractivity (Wildman–Crippen MR) is 46.0 cm³/mol. The molecule has 0 spiro atoms. The summed E-state index contributed by atoms with van der Waals surface area (Å²) in [6, 6.07) is 0. The Bertz CT molecular complexity index is 141. The maximum Gasteiger partial charge on any atom is 0.0552 e. The third kappa shape index (κ3) is 2.95. The van der Waals surface area contributed by atoms with E-state index in [0.29, 0.717) is 6.42 Å². The normalized spacial score (nSPS) is 20.4. The molecule has 62 valence electrons. The molecule has 1 unspecified atom stereocenters. The van der Waals surface area contributed by atoms with Crippen molar-refractivity contribution in [1.82, 2.24) is 0 Å². The van der Waals surface area contributed by atoms with Gasteiger partial charge in [0.1, 0.15) is 0 Å². The highest BCUT2D eigenvalue weighted by molar-refractivity contribution is 4.85. The van der Waals surface area contributed by atoms with Gasteiger partial charge in [-0.05, 0) is 18.8 Å². The molecule has 0 aromatic rings. The molecule has 0 bridgehead atoms. The van der Waals surface area contributed by atoms with Gasteiger partial charge in [-0.25, -0.2) is 0 Å². The van der Waals surface area contributed by atoms with Crippen LogP contribution in [-0.4, -0.2) is 11.2 Å². The number of hydrogen-bond acceptors (Lipinski definition) is 1. The summed E-state index contributed by atoms with van der Waals surface area (Å²) in [4.78, 5) is 0. The quantitative estimate of drug-likeness (QED) is 0.610. The van der Waals surface area contributed by atoms with Crippen molar-refractivity contribution in [2.24, 2.45) is 5.92 Å². The van der Waals surface area contributed by atoms with Crippen molar-refractivity contribution < 1.29 is 5.11 Å². The van der Waals surface area contributed by atoms with Crippen molar-refractivity contribution in [1.29, 1.82) is 0 Å². The fourth-order valence-electron chi connectivity index (χ4n) is 1.48. The number of aliphatic hydroxyl groups is 1. The first kappa shape index (κ1) is 8.62. The highest BCUT2D eigenvalue weighted by Gasteiger charge is 2.20. The van der Waals surface area contributed by atoms with E-state index in [2.05, 4.69) is 5.92 Å². The van der Waals surface area contributed by atoms with Gasteiger partial charge in [-0.3, -0.25) is 0 Å². The van der Waals surface area contributed by atoms with Crippen LogP contribution in [0.3, 0.4) is 0 Å². The molecular weight excluding hydrogens is 136 g/mol. The van der Waals surface area contributed by atoms with Crippen LogP contribution in [0.25, 0.3) is 0 Å². The summed E-state index contributed by atoms with van der Waals surface area (Å²) in [5, 5.41) is 9.42. The standard InChI is InChI=1S/C10H16O/c1-2-3-7-10(11)8-9-5-4-6-9/h1,9-11H,3-8H2. The van der Waals surface area contributed by atoms with Gasteiger partial charge < -0.3 is 5.11 Å². The zero-order chi connectivity index (χ0) is 8.10. The zero-order valence-corrected chi connectivity index (χ0v) is 6.92. The van der Waals surface area contributed by atoms with E-state index in [9.17, 15) is 5.11 Å². The van der Waals surface area contributed by atoms with Gasteiger partial charge in [-0.2, -0.15) is 0 Å². The first-order valence-corrected chi connectivity index (χ1v) is 4.44.